The lowest BCUT2D eigenvalue weighted by Gasteiger charge is -2.22. The third kappa shape index (κ3) is 4.84. The quantitative estimate of drug-likeness (QED) is 0.199. The monoisotopic (exact) mass is 428 g/mol. The number of carbonyl (C=O) groups excluding carboxylic acids is 1. The molecule has 0 aliphatic heterocycles. The van der Waals surface area contributed by atoms with E-state index in [9.17, 15) is 13.2 Å². The van der Waals surface area contributed by atoms with Gasteiger partial charge in [-0.25, -0.2) is 0 Å². The van der Waals surface area contributed by atoms with E-state index in [0.29, 0.717) is 12.0 Å². The maximum absolute atomic E-state index is 12.5. The summed E-state index contributed by atoms with van der Waals surface area (Å²) < 4.78 is 28.0. The zero-order valence-corrected chi connectivity index (χ0v) is 16.7. The predicted molar refractivity (Wildman–Crippen MR) is 113 cm³/mol. The molecule has 0 atom stereocenters. The van der Waals surface area contributed by atoms with E-state index in [2.05, 4.69) is 14.6 Å². The number of Topliss-reactive ketones (excluding diaryl/α,β-unsaturated/α-hetero) is 1. The second kappa shape index (κ2) is 8.78. The van der Waals surface area contributed by atoms with Gasteiger partial charge in [-0.1, -0.05) is 47.6 Å². The molecule has 0 heterocycles. The van der Waals surface area contributed by atoms with Crippen LogP contribution >= 0.6 is 0 Å². The number of rotatable bonds is 7. The fraction of sp³-hybridized carbons (Fsp3) is 0.150. The Bertz CT molecular complexity index is 1170. The van der Waals surface area contributed by atoms with Crippen molar-refractivity contribution in [1.29, 1.82) is 0 Å². The Balaban J connectivity index is 1.98. The van der Waals surface area contributed by atoms with Crippen LogP contribution in [0.2, 0.25) is 0 Å². The van der Waals surface area contributed by atoms with Crippen LogP contribution in [0, 0.1) is 0 Å². The van der Waals surface area contributed by atoms with Gasteiger partial charge in [0, 0.05) is 5.56 Å². The molecule has 0 saturated carbocycles. The molecule has 0 amide bonds. The summed E-state index contributed by atoms with van der Waals surface area (Å²) >= 11 is 0. The molecule has 30 heavy (non-hydrogen) atoms. The van der Waals surface area contributed by atoms with Crippen LogP contribution in [0.15, 0.2) is 64.4 Å². The second-order valence-corrected chi connectivity index (χ2v) is 8.15. The van der Waals surface area contributed by atoms with Crippen molar-refractivity contribution in [2.45, 2.75) is 12.8 Å². The van der Waals surface area contributed by atoms with Crippen molar-refractivity contribution in [3.8, 4) is 0 Å². The van der Waals surface area contributed by atoms with E-state index in [1.165, 1.54) is 12.3 Å². The van der Waals surface area contributed by atoms with E-state index in [1.807, 2.05) is 30.3 Å². The van der Waals surface area contributed by atoms with Crippen LogP contribution in [0.3, 0.4) is 0 Å². The molecule has 10 heteroatoms. The van der Waals surface area contributed by atoms with Gasteiger partial charge in [0.2, 0.25) is 5.96 Å². The molecule has 5 N–H and O–H groups in total. The lowest BCUT2D eigenvalue weighted by molar-refractivity contribution is 0.101. The summed E-state index contributed by atoms with van der Waals surface area (Å²) in [5, 5.41) is 15.2. The lowest BCUT2D eigenvalue weighted by atomic mass is 9.82. The summed E-state index contributed by atoms with van der Waals surface area (Å²) in [5.74, 6) is -2.17. The normalized spacial score (nSPS) is 13.7. The Labute approximate surface area is 173 Å². The zero-order chi connectivity index (χ0) is 21.7. The molecule has 0 bridgehead atoms. The first-order valence-electron chi connectivity index (χ1n) is 8.93. The molecular weight excluding hydrogens is 408 g/mol. The van der Waals surface area contributed by atoms with Crippen LogP contribution in [-0.4, -0.2) is 37.3 Å². The standard InChI is InChI=1S/C20H20N4O5S/c21-20(22)24-29-30(27,28)12-18(25)14-5-3-6-15(10-14)19-16(11-23-26)9-8-13-4-1-2-7-17(13)19/h1-7,10-11,26H,8-9,12H2,(H4,21,22,24). The highest BCUT2D eigenvalue weighted by Gasteiger charge is 2.23. The summed E-state index contributed by atoms with van der Waals surface area (Å²) in [6, 6.07) is 14.4. The minimum absolute atomic E-state index is 0.181. The Morgan fingerprint density at radius 3 is 2.63 bits per heavy atom. The van der Waals surface area contributed by atoms with E-state index < -0.39 is 27.6 Å². The Kier molecular flexibility index (Phi) is 6.17. The molecule has 2 aromatic rings. The van der Waals surface area contributed by atoms with Crippen molar-refractivity contribution in [2.75, 3.05) is 5.75 Å². The number of nitrogens with zero attached hydrogens (tertiary/aromatic N) is 2. The first-order valence-corrected chi connectivity index (χ1v) is 10.5. The fourth-order valence-corrected chi connectivity index (χ4v) is 4.05. The minimum Gasteiger partial charge on any atom is -0.411 e. The summed E-state index contributed by atoms with van der Waals surface area (Å²) in [7, 11) is -4.29. The lowest BCUT2D eigenvalue weighted by Crippen LogP contribution is -2.25. The highest BCUT2D eigenvalue weighted by molar-refractivity contribution is 7.87. The highest BCUT2D eigenvalue weighted by Crippen LogP contribution is 2.35. The SMILES string of the molecule is NC(N)=NOS(=O)(=O)CC(=O)c1cccc(C2=C(C=NO)CCc3ccccc32)c1. The number of carbonyl (C=O) groups is 1. The first-order chi connectivity index (χ1) is 14.3. The summed E-state index contributed by atoms with van der Waals surface area (Å²) in [6.07, 6.45) is 2.84. The number of ketones is 1. The summed E-state index contributed by atoms with van der Waals surface area (Å²) in [4.78, 5) is 12.5. The number of allylic oxidation sites excluding steroid dienone is 1. The molecule has 2 aromatic carbocycles. The van der Waals surface area contributed by atoms with Crippen molar-refractivity contribution < 1.29 is 22.7 Å². The van der Waals surface area contributed by atoms with Crippen LogP contribution in [0.1, 0.15) is 33.5 Å². The van der Waals surface area contributed by atoms with Crippen molar-refractivity contribution >= 4 is 33.6 Å². The van der Waals surface area contributed by atoms with Crippen LogP contribution in [-0.2, 0) is 20.8 Å². The molecular formula is C20H20N4O5S. The van der Waals surface area contributed by atoms with Gasteiger partial charge in [-0.3, -0.25) is 9.08 Å². The zero-order valence-electron chi connectivity index (χ0n) is 15.9. The van der Waals surface area contributed by atoms with E-state index in [4.69, 9.17) is 16.7 Å². The molecule has 1 aliphatic rings. The van der Waals surface area contributed by atoms with Gasteiger partial charge in [-0.2, -0.15) is 8.42 Å². The van der Waals surface area contributed by atoms with Gasteiger partial charge >= 0.3 is 10.1 Å². The van der Waals surface area contributed by atoms with Gasteiger partial charge in [-0.15, -0.1) is 0 Å². The van der Waals surface area contributed by atoms with Crippen molar-refractivity contribution in [3.05, 3.63) is 76.4 Å². The van der Waals surface area contributed by atoms with Crippen molar-refractivity contribution in [3.63, 3.8) is 0 Å². The van der Waals surface area contributed by atoms with Crippen molar-refractivity contribution in [1.82, 2.24) is 0 Å². The number of aryl methyl sites for hydroxylation is 1. The molecule has 156 valence electrons. The molecule has 0 radical (unpaired) electrons. The van der Waals surface area contributed by atoms with Gasteiger partial charge < -0.3 is 16.7 Å². The third-order valence-corrected chi connectivity index (χ3v) is 5.44. The van der Waals surface area contributed by atoms with E-state index in [-0.39, 0.29) is 5.56 Å². The number of hydrogen-bond donors (Lipinski definition) is 3. The number of oxime groups is 2. The molecule has 0 unspecified atom stereocenters. The number of nitrogens with two attached hydrogens (primary N) is 2. The third-order valence-electron chi connectivity index (χ3n) is 4.52. The van der Waals surface area contributed by atoms with Gasteiger partial charge in [0.15, 0.2) is 11.5 Å². The van der Waals surface area contributed by atoms with Gasteiger partial charge in [0.25, 0.3) is 0 Å². The van der Waals surface area contributed by atoms with Crippen LogP contribution in [0.5, 0.6) is 0 Å². The average molecular weight is 428 g/mol. The molecule has 3 rings (SSSR count). The highest BCUT2D eigenvalue weighted by atomic mass is 32.2. The predicted octanol–water partition coefficient (Wildman–Crippen LogP) is 1.61. The van der Waals surface area contributed by atoms with Crippen LogP contribution in [0.4, 0.5) is 0 Å². The van der Waals surface area contributed by atoms with Gasteiger partial charge in [-0.05, 0) is 51.9 Å². The maximum atomic E-state index is 12.5. The van der Waals surface area contributed by atoms with E-state index in [1.54, 1.807) is 12.1 Å². The van der Waals surface area contributed by atoms with E-state index in [0.717, 1.165) is 28.7 Å². The average Bonchev–Trinajstić information content (AvgIpc) is 2.72. The Morgan fingerprint density at radius 1 is 1.13 bits per heavy atom. The number of hydrogen-bond acceptors (Lipinski definition) is 7. The molecule has 0 saturated heterocycles. The van der Waals surface area contributed by atoms with Gasteiger partial charge in [0.05, 0.1) is 6.21 Å². The second-order valence-electron chi connectivity index (χ2n) is 6.60. The molecule has 0 spiro atoms. The largest absolute Gasteiger partial charge is 0.411 e. The fourth-order valence-electron chi connectivity index (χ4n) is 3.31. The maximum Gasteiger partial charge on any atom is 0.336 e. The first kappa shape index (κ1) is 21.1. The molecule has 0 aromatic heterocycles. The topological polar surface area (TPSA) is 157 Å². The molecule has 1 aliphatic carbocycles. The Morgan fingerprint density at radius 2 is 1.90 bits per heavy atom. The smallest absolute Gasteiger partial charge is 0.336 e. The molecule has 9 nitrogen and oxygen atoms in total. The number of benzene rings is 2. The summed E-state index contributed by atoms with van der Waals surface area (Å²) in [6.45, 7) is 0. The van der Waals surface area contributed by atoms with E-state index >= 15 is 0 Å². The van der Waals surface area contributed by atoms with Crippen LogP contribution < -0.4 is 11.5 Å². The Hall–Kier alpha value is -3.66. The minimum atomic E-state index is -4.29. The molecule has 0 fully saturated rings. The number of fused-ring (bicyclic) bond motifs is 1. The summed E-state index contributed by atoms with van der Waals surface area (Å²) in [5.41, 5.74) is 14.7. The van der Waals surface area contributed by atoms with Crippen LogP contribution in [0.25, 0.3) is 5.57 Å². The number of guanidine groups is 1. The van der Waals surface area contributed by atoms with Gasteiger partial charge in [0.1, 0.15) is 0 Å². The van der Waals surface area contributed by atoms with Crippen molar-refractivity contribution in [2.24, 2.45) is 21.8 Å².